The molecule has 0 radical (unpaired) electrons. The molecule has 2 N–H and O–H groups in total. The highest BCUT2D eigenvalue weighted by Gasteiger charge is 2.40. The van der Waals surface area contributed by atoms with Crippen LogP contribution in [-0.2, 0) is 14.4 Å². The highest BCUT2D eigenvalue weighted by Crippen LogP contribution is 2.32. The summed E-state index contributed by atoms with van der Waals surface area (Å²) in [5.74, 6) is -3.23. The molecule has 0 saturated carbocycles. The molecule has 25 heavy (non-hydrogen) atoms. The Morgan fingerprint density at radius 1 is 1.08 bits per heavy atom. The molecular formula is C18H13FN2O4. The van der Waals surface area contributed by atoms with E-state index in [4.69, 9.17) is 0 Å². The molecule has 0 aliphatic carbocycles. The number of imide groups is 1. The molecule has 0 atom stereocenters. The van der Waals surface area contributed by atoms with Crippen LogP contribution < -0.4 is 10.2 Å². The standard InChI is InChI=1S/C18H13FN2O4/c1-10(22)20-13-7-5-11(6-8-13)15-16(23)18(25)21(17(15)24)14-4-2-3-12(19)9-14/h2-9,23H,1H3,(H,20,22). The van der Waals surface area contributed by atoms with Crippen molar-refractivity contribution < 1.29 is 23.9 Å². The van der Waals surface area contributed by atoms with Gasteiger partial charge in [-0.3, -0.25) is 14.4 Å². The number of nitrogens with one attached hydrogen (secondary N) is 1. The van der Waals surface area contributed by atoms with E-state index < -0.39 is 23.4 Å². The molecule has 3 amide bonds. The van der Waals surface area contributed by atoms with Crippen LogP contribution in [0.5, 0.6) is 0 Å². The molecule has 126 valence electrons. The fourth-order valence-corrected chi connectivity index (χ4v) is 2.55. The number of benzene rings is 2. The zero-order valence-electron chi connectivity index (χ0n) is 13.1. The van der Waals surface area contributed by atoms with Gasteiger partial charge >= 0.3 is 5.91 Å². The van der Waals surface area contributed by atoms with Gasteiger partial charge < -0.3 is 10.4 Å². The average Bonchev–Trinajstić information content (AvgIpc) is 2.78. The number of aliphatic hydroxyl groups excluding tert-OH is 1. The smallest absolute Gasteiger partial charge is 0.301 e. The number of nitrogens with zero attached hydrogens (tertiary/aromatic N) is 1. The summed E-state index contributed by atoms with van der Waals surface area (Å²) in [4.78, 5) is 36.6. The van der Waals surface area contributed by atoms with E-state index in [1.165, 1.54) is 37.3 Å². The van der Waals surface area contributed by atoms with E-state index in [0.29, 0.717) is 11.3 Å². The fourth-order valence-electron chi connectivity index (χ4n) is 2.55. The lowest BCUT2D eigenvalue weighted by Gasteiger charge is -2.14. The predicted octanol–water partition coefficient (Wildman–Crippen LogP) is 2.63. The molecule has 0 bridgehead atoms. The molecule has 7 heteroatoms. The number of aliphatic hydroxyl groups is 1. The van der Waals surface area contributed by atoms with Crippen LogP contribution in [0.2, 0.25) is 0 Å². The maximum atomic E-state index is 13.4. The fraction of sp³-hybridized carbons (Fsp3) is 0.0556. The van der Waals surface area contributed by atoms with Crippen molar-refractivity contribution in [1.82, 2.24) is 0 Å². The van der Waals surface area contributed by atoms with Crippen LogP contribution in [-0.4, -0.2) is 22.8 Å². The van der Waals surface area contributed by atoms with Gasteiger partial charge in [0.05, 0.1) is 11.3 Å². The molecule has 3 rings (SSSR count). The van der Waals surface area contributed by atoms with Gasteiger partial charge in [-0.2, -0.15) is 0 Å². The molecule has 6 nitrogen and oxygen atoms in total. The Hall–Kier alpha value is -3.48. The van der Waals surface area contributed by atoms with E-state index in [-0.39, 0.29) is 17.2 Å². The van der Waals surface area contributed by atoms with E-state index in [9.17, 15) is 23.9 Å². The SMILES string of the molecule is CC(=O)Nc1ccc(C2=C(O)C(=O)N(c3cccc(F)c3)C2=O)cc1. The van der Waals surface area contributed by atoms with Crippen LogP contribution in [0, 0.1) is 5.82 Å². The van der Waals surface area contributed by atoms with Gasteiger partial charge in [0.1, 0.15) is 5.82 Å². The number of halogens is 1. The number of hydrogen-bond acceptors (Lipinski definition) is 4. The van der Waals surface area contributed by atoms with E-state index in [2.05, 4.69) is 5.32 Å². The first-order chi connectivity index (χ1) is 11.9. The summed E-state index contributed by atoms with van der Waals surface area (Å²) in [5.41, 5.74) is 0.675. The Balaban J connectivity index is 1.96. The van der Waals surface area contributed by atoms with Crippen molar-refractivity contribution in [2.45, 2.75) is 6.92 Å². The zero-order valence-corrected chi connectivity index (χ0v) is 13.1. The van der Waals surface area contributed by atoms with Crippen molar-refractivity contribution in [2.24, 2.45) is 0 Å². The van der Waals surface area contributed by atoms with Crippen LogP contribution in [0.15, 0.2) is 54.3 Å². The summed E-state index contributed by atoms with van der Waals surface area (Å²) in [5, 5.41) is 12.7. The molecule has 1 aliphatic heterocycles. The monoisotopic (exact) mass is 340 g/mol. The Labute approximate surface area is 142 Å². The molecule has 0 saturated heterocycles. The topological polar surface area (TPSA) is 86.7 Å². The van der Waals surface area contributed by atoms with Gasteiger partial charge in [0, 0.05) is 12.6 Å². The number of amides is 3. The summed E-state index contributed by atoms with van der Waals surface area (Å²) in [6.07, 6.45) is 0. The van der Waals surface area contributed by atoms with Crippen LogP contribution in [0.3, 0.4) is 0 Å². The maximum Gasteiger partial charge on any atom is 0.301 e. The lowest BCUT2D eigenvalue weighted by molar-refractivity contribution is -0.121. The van der Waals surface area contributed by atoms with Crippen LogP contribution >= 0.6 is 0 Å². The van der Waals surface area contributed by atoms with Gasteiger partial charge in [-0.15, -0.1) is 0 Å². The Morgan fingerprint density at radius 2 is 1.76 bits per heavy atom. The molecule has 2 aromatic rings. The third kappa shape index (κ3) is 2.99. The normalized spacial score (nSPS) is 14.2. The van der Waals surface area contributed by atoms with Crippen molar-refractivity contribution in [3.05, 3.63) is 65.7 Å². The van der Waals surface area contributed by atoms with Crippen LogP contribution in [0.4, 0.5) is 15.8 Å². The van der Waals surface area contributed by atoms with Crippen LogP contribution in [0.1, 0.15) is 12.5 Å². The minimum absolute atomic E-state index is 0.0337. The van der Waals surface area contributed by atoms with Crippen molar-refractivity contribution in [1.29, 1.82) is 0 Å². The number of hydrogen-bond donors (Lipinski definition) is 2. The summed E-state index contributed by atoms with van der Waals surface area (Å²) < 4.78 is 13.4. The minimum atomic E-state index is -0.920. The second-order valence-electron chi connectivity index (χ2n) is 5.41. The van der Waals surface area contributed by atoms with Crippen molar-refractivity contribution in [3.8, 4) is 0 Å². The minimum Gasteiger partial charge on any atom is -0.502 e. The molecule has 1 aliphatic rings. The quantitative estimate of drug-likeness (QED) is 0.841. The third-order valence-corrected chi connectivity index (χ3v) is 3.62. The largest absolute Gasteiger partial charge is 0.502 e. The first kappa shape index (κ1) is 16.4. The van der Waals surface area contributed by atoms with Gasteiger partial charge in [-0.05, 0) is 35.9 Å². The van der Waals surface area contributed by atoms with Crippen LogP contribution in [0.25, 0.3) is 5.57 Å². The summed E-state index contributed by atoms with van der Waals surface area (Å²) in [6, 6.07) is 11.1. The second-order valence-corrected chi connectivity index (χ2v) is 5.41. The molecule has 2 aromatic carbocycles. The van der Waals surface area contributed by atoms with Gasteiger partial charge in [-0.1, -0.05) is 18.2 Å². The molecule has 0 spiro atoms. The molecule has 0 unspecified atom stereocenters. The van der Waals surface area contributed by atoms with Crippen molar-refractivity contribution in [2.75, 3.05) is 10.2 Å². The zero-order chi connectivity index (χ0) is 18.1. The third-order valence-electron chi connectivity index (χ3n) is 3.62. The number of carbonyl (C=O) groups is 3. The first-order valence-electron chi connectivity index (χ1n) is 7.34. The van der Waals surface area contributed by atoms with Gasteiger partial charge in [-0.25, -0.2) is 9.29 Å². The van der Waals surface area contributed by atoms with Crippen molar-refractivity contribution >= 4 is 34.7 Å². The predicted molar refractivity (Wildman–Crippen MR) is 89.2 cm³/mol. The number of anilines is 2. The van der Waals surface area contributed by atoms with E-state index >= 15 is 0 Å². The number of carbonyl (C=O) groups excluding carboxylic acids is 3. The average molecular weight is 340 g/mol. The highest BCUT2D eigenvalue weighted by atomic mass is 19.1. The summed E-state index contributed by atoms with van der Waals surface area (Å²) in [7, 11) is 0. The van der Waals surface area contributed by atoms with Crippen molar-refractivity contribution in [3.63, 3.8) is 0 Å². The Bertz CT molecular complexity index is 919. The molecule has 1 heterocycles. The van der Waals surface area contributed by atoms with Gasteiger partial charge in [0.2, 0.25) is 5.91 Å². The first-order valence-corrected chi connectivity index (χ1v) is 7.34. The Morgan fingerprint density at radius 3 is 2.36 bits per heavy atom. The second kappa shape index (κ2) is 6.20. The van der Waals surface area contributed by atoms with E-state index in [0.717, 1.165) is 11.0 Å². The van der Waals surface area contributed by atoms with Gasteiger partial charge in [0.25, 0.3) is 5.91 Å². The molecule has 0 aromatic heterocycles. The highest BCUT2D eigenvalue weighted by molar-refractivity contribution is 6.44. The molecule has 0 fully saturated rings. The van der Waals surface area contributed by atoms with Gasteiger partial charge in [0.15, 0.2) is 5.76 Å². The summed E-state index contributed by atoms with van der Waals surface area (Å²) >= 11 is 0. The maximum absolute atomic E-state index is 13.4. The lowest BCUT2D eigenvalue weighted by atomic mass is 10.1. The number of rotatable bonds is 3. The lowest BCUT2D eigenvalue weighted by Crippen LogP contribution is -2.31. The Kier molecular flexibility index (Phi) is 4.06. The summed E-state index contributed by atoms with van der Waals surface area (Å²) in [6.45, 7) is 1.36. The van der Waals surface area contributed by atoms with E-state index in [1.807, 2.05) is 0 Å². The molecular weight excluding hydrogens is 327 g/mol. The van der Waals surface area contributed by atoms with E-state index in [1.54, 1.807) is 12.1 Å².